The summed E-state index contributed by atoms with van der Waals surface area (Å²) < 4.78 is 0. The molecule has 0 heterocycles. The summed E-state index contributed by atoms with van der Waals surface area (Å²) in [7, 11) is 0. The number of nitrogens with one attached hydrogen (secondary N) is 2. The monoisotopic (exact) mass is 246 g/mol. The van der Waals surface area contributed by atoms with Crippen molar-refractivity contribution in [2.24, 2.45) is 5.92 Å². The Bertz CT molecular complexity index is 417. The molecule has 1 aromatic rings. The first-order valence-corrected chi connectivity index (χ1v) is 6.75. The number of benzene rings is 1. The Morgan fingerprint density at radius 2 is 2.22 bits per heavy atom. The average molecular weight is 246 g/mol. The lowest BCUT2D eigenvalue weighted by Gasteiger charge is -2.16. The number of hydrogen-bond acceptors (Lipinski definition) is 2. The number of carbonyl (C=O) groups is 1. The summed E-state index contributed by atoms with van der Waals surface area (Å²) in [4.78, 5) is 11.8. The number of aryl methyl sites for hydroxylation is 1. The van der Waals surface area contributed by atoms with Gasteiger partial charge in [-0.15, -0.1) is 0 Å². The minimum Gasteiger partial charge on any atom is -0.325 e. The highest BCUT2D eigenvalue weighted by Gasteiger charge is 2.23. The van der Waals surface area contributed by atoms with Gasteiger partial charge in [-0.3, -0.25) is 4.79 Å². The first kappa shape index (κ1) is 13.1. The Morgan fingerprint density at radius 3 is 2.89 bits per heavy atom. The standard InChI is InChI=1S/C15H22N2O/c1-11-5-3-7-13(9-11)17-15(18)10-16-14-8-4-6-12(14)2/h3,5,7,9,12,14,16H,4,6,8,10H2,1-2H3,(H,17,18). The van der Waals surface area contributed by atoms with Crippen molar-refractivity contribution in [2.75, 3.05) is 11.9 Å². The van der Waals surface area contributed by atoms with E-state index in [-0.39, 0.29) is 5.91 Å². The molecule has 0 aliphatic heterocycles. The van der Waals surface area contributed by atoms with Gasteiger partial charge in [-0.1, -0.05) is 25.5 Å². The summed E-state index contributed by atoms with van der Waals surface area (Å²) in [6.07, 6.45) is 3.74. The van der Waals surface area contributed by atoms with Crippen LogP contribution in [0, 0.1) is 12.8 Å². The van der Waals surface area contributed by atoms with Crippen LogP contribution in [-0.4, -0.2) is 18.5 Å². The van der Waals surface area contributed by atoms with Crippen LogP contribution in [-0.2, 0) is 4.79 Å². The molecule has 0 radical (unpaired) electrons. The molecular weight excluding hydrogens is 224 g/mol. The van der Waals surface area contributed by atoms with E-state index in [0.29, 0.717) is 18.5 Å². The number of amides is 1. The molecule has 1 aliphatic carbocycles. The maximum absolute atomic E-state index is 11.8. The van der Waals surface area contributed by atoms with Crippen LogP contribution in [0.5, 0.6) is 0 Å². The van der Waals surface area contributed by atoms with Crippen molar-refractivity contribution in [1.82, 2.24) is 5.32 Å². The van der Waals surface area contributed by atoms with Gasteiger partial charge in [0.1, 0.15) is 0 Å². The van der Waals surface area contributed by atoms with Crippen LogP contribution in [0.2, 0.25) is 0 Å². The number of rotatable bonds is 4. The third-order valence-electron chi connectivity index (χ3n) is 3.69. The smallest absolute Gasteiger partial charge is 0.238 e. The summed E-state index contributed by atoms with van der Waals surface area (Å²) in [6, 6.07) is 8.39. The van der Waals surface area contributed by atoms with Gasteiger partial charge in [0, 0.05) is 11.7 Å². The number of hydrogen-bond donors (Lipinski definition) is 2. The highest BCUT2D eigenvalue weighted by Crippen LogP contribution is 2.24. The molecule has 2 rings (SSSR count). The molecule has 1 saturated carbocycles. The van der Waals surface area contributed by atoms with E-state index >= 15 is 0 Å². The fraction of sp³-hybridized carbons (Fsp3) is 0.533. The van der Waals surface area contributed by atoms with Crippen LogP contribution < -0.4 is 10.6 Å². The van der Waals surface area contributed by atoms with Crippen molar-refractivity contribution in [3.8, 4) is 0 Å². The van der Waals surface area contributed by atoms with Gasteiger partial charge in [0.2, 0.25) is 5.91 Å². The minimum atomic E-state index is 0.0414. The van der Waals surface area contributed by atoms with Crippen molar-refractivity contribution in [2.45, 2.75) is 39.2 Å². The fourth-order valence-corrected chi connectivity index (χ4v) is 2.60. The second kappa shape index (κ2) is 6.01. The lowest BCUT2D eigenvalue weighted by Crippen LogP contribution is -2.37. The van der Waals surface area contributed by atoms with Crippen LogP contribution in [0.1, 0.15) is 31.7 Å². The van der Waals surface area contributed by atoms with Gasteiger partial charge in [-0.05, 0) is 43.4 Å². The van der Waals surface area contributed by atoms with E-state index in [1.807, 2.05) is 31.2 Å². The molecule has 2 atom stereocenters. The van der Waals surface area contributed by atoms with Gasteiger partial charge in [0.05, 0.1) is 6.54 Å². The summed E-state index contributed by atoms with van der Waals surface area (Å²) in [5.41, 5.74) is 2.03. The topological polar surface area (TPSA) is 41.1 Å². The molecule has 98 valence electrons. The Kier molecular flexibility index (Phi) is 4.37. The summed E-state index contributed by atoms with van der Waals surface area (Å²) >= 11 is 0. The third kappa shape index (κ3) is 3.57. The molecule has 0 spiro atoms. The van der Waals surface area contributed by atoms with E-state index < -0.39 is 0 Å². The van der Waals surface area contributed by atoms with Crippen LogP contribution in [0.3, 0.4) is 0 Å². The van der Waals surface area contributed by atoms with E-state index in [4.69, 9.17) is 0 Å². The predicted octanol–water partition coefficient (Wildman–Crippen LogP) is 2.71. The van der Waals surface area contributed by atoms with Gasteiger partial charge in [0.25, 0.3) is 0 Å². The molecule has 0 bridgehead atoms. The molecule has 0 saturated heterocycles. The molecule has 3 nitrogen and oxygen atoms in total. The van der Waals surface area contributed by atoms with Crippen molar-refractivity contribution in [3.63, 3.8) is 0 Å². The van der Waals surface area contributed by atoms with E-state index in [2.05, 4.69) is 17.6 Å². The highest BCUT2D eigenvalue weighted by molar-refractivity contribution is 5.92. The van der Waals surface area contributed by atoms with Crippen LogP contribution >= 0.6 is 0 Å². The van der Waals surface area contributed by atoms with E-state index in [1.165, 1.54) is 19.3 Å². The third-order valence-corrected chi connectivity index (χ3v) is 3.69. The SMILES string of the molecule is Cc1cccc(NC(=O)CNC2CCCC2C)c1. The molecule has 1 aliphatic rings. The Labute approximate surface area is 109 Å². The second-order valence-electron chi connectivity index (χ2n) is 5.31. The van der Waals surface area contributed by atoms with Crippen LogP contribution in [0.15, 0.2) is 24.3 Å². The molecule has 0 aromatic heterocycles. The van der Waals surface area contributed by atoms with E-state index in [9.17, 15) is 4.79 Å². The largest absolute Gasteiger partial charge is 0.325 e. The van der Waals surface area contributed by atoms with Gasteiger partial charge < -0.3 is 10.6 Å². The first-order chi connectivity index (χ1) is 8.65. The summed E-state index contributed by atoms with van der Waals surface area (Å²) in [5, 5.41) is 6.27. The molecule has 2 unspecified atom stereocenters. The quantitative estimate of drug-likeness (QED) is 0.857. The van der Waals surface area contributed by atoms with Crippen molar-refractivity contribution < 1.29 is 4.79 Å². The molecule has 1 aromatic carbocycles. The summed E-state index contributed by atoms with van der Waals surface area (Å²) in [6.45, 7) is 4.68. The van der Waals surface area contributed by atoms with Crippen LogP contribution in [0.4, 0.5) is 5.69 Å². The summed E-state index contributed by atoms with van der Waals surface area (Å²) in [5.74, 6) is 0.733. The molecular formula is C15H22N2O. The maximum atomic E-state index is 11.8. The van der Waals surface area contributed by atoms with Crippen molar-refractivity contribution in [1.29, 1.82) is 0 Å². The Hall–Kier alpha value is -1.35. The lowest BCUT2D eigenvalue weighted by molar-refractivity contribution is -0.115. The van der Waals surface area contributed by atoms with Crippen molar-refractivity contribution in [3.05, 3.63) is 29.8 Å². The maximum Gasteiger partial charge on any atom is 0.238 e. The predicted molar refractivity (Wildman–Crippen MR) is 74.6 cm³/mol. The molecule has 1 amide bonds. The second-order valence-corrected chi connectivity index (χ2v) is 5.31. The number of anilines is 1. The molecule has 2 N–H and O–H groups in total. The normalized spacial score (nSPS) is 23.0. The molecule has 18 heavy (non-hydrogen) atoms. The zero-order valence-electron chi connectivity index (χ0n) is 11.2. The Morgan fingerprint density at radius 1 is 1.39 bits per heavy atom. The lowest BCUT2D eigenvalue weighted by atomic mass is 10.1. The molecule has 3 heteroatoms. The first-order valence-electron chi connectivity index (χ1n) is 6.75. The van der Waals surface area contributed by atoms with Crippen LogP contribution in [0.25, 0.3) is 0 Å². The number of carbonyl (C=O) groups excluding carboxylic acids is 1. The van der Waals surface area contributed by atoms with Gasteiger partial charge in [-0.2, -0.15) is 0 Å². The Balaban J connectivity index is 1.78. The zero-order chi connectivity index (χ0) is 13.0. The van der Waals surface area contributed by atoms with E-state index in [1.54, 1.807) is 0 Å². The zero-order valence-corrected chi connectivity index (χ0v) is 11.2. The minimum absolute atomic E-state index is 0.0414. The molecule has 1 fully saturated rings. The van der Waals surface area contributed by atoms with E-state index in [0.717, 1.165) is 11.3 Å². The van der Waals surface area contributed by atoms with Gasteiger partial charge in [0.15, 0.2) is 0 Å². The van der Waals surface area contributed by atoms with Gasteiger partial charge in [-0.25, -0.2) is 0 Å². The van der Waals surface area contributed by atoms with Gasteiger partial charge >= 0.3 is 0 Å². The average Bonchev–Trinajstić information content (AvgIpc) is 2.72. The fourth-order valence-electron chi connectivity index (χ4n) is 2.60. The highest BCUT2D eigenvalue weighted by atomic mass is 16.1. The van der Waals surface area contributed by atoms with Crippen molar-refractivity contribution >= 4 is 11.6 Å².